The van der Waals surface area contributed by atoms with Crippen LogP contribution in [0.2, 0.25) is 0 Å². The van der Waals surface area contributed by atoms with Gasteiger partial charge in [0.15, 0.2) is 5.82 Å². The van der Waals surface area contributed by atoms with Gasteiger partial charge in [0, 0.05) is 47.0 Å². The summed E-state index contributed by atoms with van der Waals surface area (Å²) < 4.78 is 25.0. The third-order valence-electron chi connectivity index (χ3n) is 6.67. The molecule has 0 atom stereocenters. The fraction of sp³-hybridized carbons (Fsp3) is 0.379. The van der Waals surface area contributed by atoms with Gasteiger partial charge in [0.05, 0.1) is 25.5 Å². The van der Waals surface area contributed by atoms with Crippen LogP contribution in [0.1, 0.15) is 43.3 Å². The SMILES string of the molecule is COc1ccc2[nH]c(C)c(CCNc3nc(-c4cncc(F)c4)nc4c3CCN(C(=O)OC(C)(C)C)C4)c2c1. The number of methoxy groups -OCH3 is 1. The Hall–Kier alpha value is -4.21. The van der Waals surface area contributed by atoms with Crippen LogP contribution in [0.25, 0.3) is 22.3 Å². The minimum absolute atomic E-state index is 0.276. The van der Waals surface area contributed by atoms with E-state index in [4.69, 9.17) is 19.4 Å². The third-order valence-corrected chi connectivity index (χ3v) is 6.67. The van der Waals surface area contributed by atoms with E-state index in [1.807, 2.05) is 39.0 Å². The van der Waals surface area contributed by atoms with Gasteiger partial charge in [0.2, 0.25) is 0 Å². The maximum absolute atomic E-state index is 14.0. The lowest BCUT2D eigenvalue weighted by molar-refractivity contribution is 0.0221. The number of fused-ring (bicyclic) bond motifs is 2. The number of hydrogen-bond donors (Lipinski definition) is 2. The van der Waals surface area contributed by atoms with Crippen molar-refractivity contribution >= 4 is 22.8 Å². The number of hydrogen-bond acceptors (Lipinski definition) is 7. The van der Waals surface area contributed by atoms with Crippen molar-refractivity contribution in [3.8, 4) is 17.1 Å². The Labute approximate surface area is 226 Å². The second-order valence-corrected chi connectivity index (χ2v) is 10.7. The Morgan fingerprint density at radius 2 is 2.03 bits per heavy atom. The molecule has 0 fully saturated rings. The van der Waals surface area contributed by atoms with Crippen molar-refractivity contribution in [2.45, 2.75) is 52.7 Å². The summed E-state index contributed by atoms with van der Waals surface area (Å²) in [6.45, 7) is 8.97. The minimum atomic E-state index is -0.599. The summed E-state index contributed by atoms with van der Waals surface area (Å²) in [6, 6.07) is 7.36. The van der Waals surface area contributed by atoms with E-state index >= 15 is 0 Å². The number of rotatable bonds is 6. The van der Waals surface area contributed by atoms with Crippen molar-refractivity contribution in [2.75, 3.05) is 25.5 Å². The summed E-state index contributed by atoms with van der Waals surface area (Å²) in [5.41, 5.74) is 4.88. The van der Waals surface area contributed by atoms with Crippen LogP contribution in [0, 0.1) is 12.7 Å². The summed E-state index contributed by atoms with van der Waals surface area (Å²) in [5, 5.41) is 4.62. The number of H-pyrrole nitrogens is 1. The zero-order chi connectivity index (χ0) is 27.7. The normalized spacial score (nSPS) is 13.3. The number of benzene rings is 1. The highest BCUT2D eigenvalue weighted by Gasteiger charge is 2.29. The molecule has 0 unspecified atom stereocenters. The van der Waals surface area contributed by atoms with Gasteiger partial charge in [-0.25, -0.2) is 19.2 Å². The summed E-state index contributed by atoms with van der Waals surface area (Å²) in [7, 11) is 1.66. The zero-order valence-corrected chi connectivity index (χ0v) is 22.9. The molecule has 10 heteroatoms. The average molecular weight is 533 g/mol. The minimum Gasteiger partial charge on any atom is -0.497 e. The molecule has 1 aliphatic rings. The molecule has 4 heterocycles. The van der Waals surface area contributed by atoms with Gasteiger partial charge in [0.25, 0.3) is 0 Å². The maximum atomic E-state index is 14.0. The number of nitrogens with zero attached hydrogens (tertiary/aromatic N) is 4. The lowest BCUT2D eigenvalue weighted by Gasteiger charge is -2.31. The van der Waals surface area contributed by atoms with Crippen LogP contribution in [0.15, 0.2) is 36.7 Å². The molecule has 1 amide bonds. The second-order valence-electron chi connectivity index (χ2n) is 10.7. The van der Waals surface area contributed by atoms with Gasteiger partial charge >= 0.3 is 6.09 Å². The maximum Gasteiger partial charge on any atom is 0.410 e. The molecule has 0 aliphatic carbocycles. The van der Waals surface area contributed by atoms with E-state index in [1.165, 1.54) is 17.8 Å². The Bertz CT molecular complexity index is 1530. The first-order chi connectivity index (χ1) is 18.6. The van der Waals surface area contributed by atoms with E-state index < -0.39 is 11.4 Å². The highest BCUT2D eigenvalue weighted by atomic mass is 19.1. The van der Waals surface area contributed by atoms with Crippen LogP contribution in [0.3, 0.4) is 0 Å². The average Bonchev–Trinajstić information content (AvgIpc) is 3.21. The molecule has 39 heavy (non-hydrogen) atoms. The monoisotopic (exact) mass is 532 g/mol. The quantitative estimate of drug-likeness (QED) is 0.341. The van der Waals surface area contributed by atoms with E-state index in [2.05, 4.69) is 22.2 Å². The molecule has 4 aromatic rings. The molecule has 204 valence electrons. The largest absolute Gasteiger partial charge is 0.497 e. The predicted molar refractivity (Wildman–Crippen MR) is 147 cm³/mol. The molecule has 0 bridgehead atoms. The van der Waals surface area contributed by atoms with E-state index in [-0.39, 0.29) is 12.6 Å². The van der Waals surface area contributed by atoms with Gasteiger partial charge in [-0.2, -0.15) is 0 Å². The molecule has 1 aromatic carbocycles. The molecule has 3 aromatic heterocycles. The van der Waals surface area contributed by atoms with Crippen LogP contribution in [0.4, 0.5) is 15.0 Å². The van der Waals surface area contributed by atoms with Gasteiger partial charge < -0.3 is 24.7 Å². The van der Waals surface area contributed by atoms with Crippen molar-refractivity contribution in [2.24, 2.45) is 0 Å². The lowest BCUT2D eigenvalue weighted by atomic mass is 10.0. The number of aromatic nitrogens is 4. The number of halogens is 1. The van der Waals surface area contributed by atoms with Crippen LogP contribution in [-0.2, 0) is 24.1 Å². The van der Waals surface area contributed by atoms with Crippen LogP contribution < -0.4 is 10.1 Å². The molecule has 9 nitrogen and oxygen atoms in total. The third kappa shape index (κ3) is 5.79. The fourth-order valence-electron chi connectivity index (χ4n) is 4.84. The van der Waals surface area contributed by atoms with Crippen LogP contribution in [0.5, 0.6) is 5.75 Å². The molecular formula is C29H33FN6O3. The second kappa shape index (κ2) is 10.5. The molecule has 0 spiro atoms. The lowest BCUT2D eigenvalue weighted by Crippen LogP contribution is -2.40. The molecule has 0 saturated carbocycles. The van der Waals surface area contributed by atoms with E-state index in [1.54, 1.807) is 12.0 Å². The number of aromatic amines is 1. The Kier molecular flexibility index (Phi) is 7.12. The summed E-state index contributed by atoms with van der Waals surface area (Å²) in [4.78, 5) is 31.3. The summed E-state index contributed by atoms with van der Waals surface area (Å²) in [5.74, 6) is 1.37. The summed E-state index contributed by atoms with van der Waals surface area (Å²) in [6.07, 6.45) is 3.61. The van der Waals surface area contributed by atoms with Crippen LogP contribution in [-0.4, -0.2) is 56.7 Å². The van der Waals surface area contributed by atoms with Gasteiger partial charge in [-0.3, -0.25) is 4.98 Å². The van der Waals surface area contributed by atoms with E-state index in [0.717, 1.165) is 40.5 Å². The number of nitrogens with one attached hydrogen (secondary N) is 2. The van der Waals surface area contributed by atoms with Crippen LogP contribution >= 0.6 is 0 Å². The zero-order valence-electron chi connectivity index (χ0n) is 22.9. The van der Waals surface area contributed by atoms with Crippen molar-refractivity contribution in [1.82, 2.24) is 24.8 Å². The first-order valence-electron chi connectivity index (χ1n) is 13.0. The van der Waals surface area contributed by atoms with E-state index in [0.29, 0.717) is 42.4 Å². The van der Waals surface area contributed by atoms with Crippen molar-refractivity contribution in [1.29, 1.82) is 0 Å². The number of amides is 1. The Morgan fingerprint density at radius 1 is 1.21 bits per heavy atom. The first-order valence-corrected chi connectivity index (χ1v) is 13.0. The highest BCUT2D eigenvalue weighted by Crippen LogP contribution is 2.30. The number of carbonyl (C=O) groups is 1. The summed E-state index contributed by atoms with van der Waals surface area (Å²) >= 11 is 0. The highest BCUT2D eigenvalue weighted by molar-refractivity contribution is 5.86. The van der Waals surface area contributed by atoms with Crippen molar-refractivity contribution < 1.29 is 18.7 Å². The Morgan fingerprint density at radius 3 is 2.77 bits per heavy atom. The topological polar surface area (TPSA) is 105 Å². The van der Waals surface area contributed by atoms with Gasteiger partial charge in [-0.05, 0) is 70.4 Å². The Balaban J connectivity index is 1.43. The van der Waals surface area contributed by atoms with Gasteiger partial charge in [-0.1, -0.05) is 0 Å². The standard InChI is InChI=1S/C29H33FN6O3/c1-17-21(23-13-20(38-5)6-7-24(23)33-17)8-10-32-27-22-9-11-36(28(37)39-29(2,3)4)16-25(22)34-26(35-27)18-12-19(30)15-31-14-18/h6-7,12-15,33H,8-11,16H2,1-5H3,(H,32,34,35). The number of anilines is 1. The fourth-order valence-corrected chi connectivity index (χ4v) is 4.84. The molecular weight excluding hydrogens is 499 g/mol. The van der Waals surface area contributed by atoms with E-state index in [9.17, 15) is 9.18 Å². The molecule has 5 rings (SSSR count). The number of pyridine rings is 1. The molecule has 0 radical (unpaired) electrons. The smallest absolute Gasteiger partial charge is 0.410 e. The molecule has 2 N–H and O–H groups in total. The predicted octanol–water partition coefficient (Wildman–Crippen LogP) is 5.42. The first kappa shape index (κ1) is 26.4. The van der Waals surface area contributed by atoms with Crippen molar-refractivity contribution in [3.63, 3.8) is 0 Å². The molecule has 1 aliphatic heterocycles. The number of carbonyl (C=O) groups excluding carboxylic acids is 1. The van der Waals surface area contributed by atoms with Gasteiger partial charge in [-0.15, -0.1) is 0 Å². The number of ether oxygens (including phenoxy) is 2. The van der Waals surface area contributed by atoms with Crippen molar-refractivity contribution in [3.05, 3.63) is 65.0 Å². The number of aryl methyl sites for hydroxylation is 1. The molecule has 0 saturated heterocycles. The van der Waals surface area contributed by atoms with Gasteiger partial charge in [0.1, 0.15) is 23.0 Å².